The van der Waals surface area contributed by atoms with Gasteiger partial charge in [0.1, 0.15) is 11.2 Å². The van der Waals surface area contributed by atoms with E-state index >= 15 is 0 Å². The summed E-state index contributed by atoms with van der Waals surface area (Å²) in [7, 11) is 0. The number of fused-ring (bicyclic) bond motifs is 7. The van der Waals surface area contributed by atoms with Crippen LogP contribution in [0.15, 0.2) is 214 Å². The van der Waals surface area contributed by atoms with Gasteiger partial charge in [-0.1, -0.05) is 116 Å². The molecule has 5 heterocycles. The SMILES string of the molecule is C=C/C=C\c1c(-c2ccc(C3=NC(c4ccc5oc6ccccc6c5c4)=NC(C4=CCC(C5=CC6CC=CN=C6c6ncccc65)C=C4)=CC3=C)cc2)cc2cccnc2c1N. The summed E-state index contributed by atoms with van der Waals surface area (Å²) in [5.74, 6) is 1.01. The van der Waals surface area contributed by atoms with Gasteiger partial charge >= 0.3 is 0 Å². The van der Waals surface area contributed by atoms with Gasteiger partial charge in [0, 0.05) is 68.8 Å². The molecule has 2 aliphatic carbocycles. The van der Waals surface area contributed by atoms with Gasteiger partial charge in [-0.15, -0.1) is 0 Å². The number of furan rings is 1. The highest BCUT2D eigenvalue weighted by atomic mass is 16.3. The van der Waals surface area contributed by atoms with Crippen molar-refractivity contribution in [3.8, 4) is 11.1 Å². The number of hydrogen-bond donors (Lipinski definition) is 1. The molecule has 11 rings (SSSR count). The number of para-hydroxylation sites is 1. The van der Waals surface area contributed by atoms with Gasteiger partial charge in [-0.05, 0) is 89.2 Å². The monoisotopic (exact) mass is 800 g/mol. The maximum Gasteiger partial charge on any atom is 0.160 e. The van der Waals surface area contributed by atoms with E-state index in [-0.39, 0.29) is 11.8 Å². The molecule has 0 radical (unpaired) electrons. The highest BCUT2D eigenvalue weighted by Gasteiger charge is 2.31. The first-order valence-electron chi connectivity index (χ1n) is 20.9. The van der Waals surface area contributed by atoms with Crippen molar-refractivity contribution in [1.82, 2.24) is 9.97 Å². The zero-order valence-corrected chi connectivity index (χ0v) is 33.9. The van der Waals surface area contributed by atoms with Gasteiger partial charge in [-0.25, -0.2) is 9.98 Å². The van der Waals surface area contributed by atoms with Crippen molar-refractivity contribution in [2.75, 3.05) is 5.73 Å². The second kappa shape index (κ2) is 15.2. The quantitative estimate of drug-likeness (QED) is 0.128. The normalized spacial score (nSPS) is 18.4. The number of hydrogen-bond acceptors (Lipinski definition) is 7. The number of aliphatic imine (C=N–C) groups is 3. The van der Waals surface area contributed by atoms with Crippen LogP contribution in [0.5, 0.6) is 0 Å². The van der Waals surface area contributed by atoms with E-state index in [1.54, 1.807) is 12.3 Å². The van der Waals surface area contributed by atoms with Crippen molar-refractivity contribution in [2.45, 2.75) is 12.8 Å². The molecule has 0 spiro atoms. The van der Waals surface area contributed by atoms with Crippen molar-refractivity contribution >= 4 is 67.4 Å². The largest absolute Gasteiger partial charge is 0.456 e. The Kier molecular flexibility index (Phi) is 9.08. The minimum Gasteiger partial charge on any atom is -0.456 e. The van der Waals surface area contributed by atoms with Gasteiger partial charge in [-0.2, -0.15) is 0 Å². The van der Waals surface area contributed by atoms with Crippen LogP contribution in [0.1, 0.15) is 40.8 Å². The smallest absolute Gasteiger partial charge is 0.160 e. The minimum atomic E-state index is 0.191. The fourth-order valence-corrected chi connectivity index (χ4v) is 9.07. The lowest BCUT2D eigenvalue weighted by Crippen LogP contribution is -2.24. The fraction of sp³-hybridized carbons (Fsp3) is 0.0727. The summed E-state index contributed by atoms with van der Waals surface area (Å²) < 4.78 is 6.21. The summed E-state index contributed by atoms with van der Waals surface area (Å²) in [4.78, 5) is 24.8. The summed E-state index contributed by atoms with van der Waals surface area (Å²) in [6.45, 7) is 8.47. The molecule has 4 aromatic carbocycles. The Balaban J connectivity index is 0.977. The van der Waals surface area contributed by atoms with E-state index in [9.17, 15) is 0 Å². The number of amidine groups is 1. The van der Waals surface area contributed by atoms with Crippen molar-refractivity contribution < 1.29 is 4.42 Å². The highest BCUT2D eigenvalue weighted by Crippen LogP contribution is 2.41. The number of nitrogens with zero attached hydrogens (tertiary/aromatic N) is 5. The standard InChI is InChI=1S/C55H40N6O/c1-3-4-12-42-44(30-38-10-7-26-57-52(38)50(42)56)34-18-22-37(23-19-34)51-33(2)29-47(60-55(61-51)40-24-25-49-46(32-40)41-13-5-6-15-48(41)62-49)36-20-16-35(17-21-36)45-31-39-11-8-27-58-53(39)54-43(45)14-9-28-59-54/h3-10,12-16,18-32,35,39H,1-2,11,17,56H2/b12-4-. The molecule has 2 aliphatic heterocycles. The maximum absolute atomic E-state index is 6.75. The summed E-state index contributed by atoms with van der Waals surface area (Å²) >= 11 is 0. The zero-order chi connectivity index (χ0) is 41.7. The molecule has 62 heavy (non-hydrogen) atoms. The summed E-state index contributed by atoms with van der Waals surface area (Å²) in [5, 5.41) is 3.03. The van der Waals surface area contributed by atoms with Crippen molar-refractivity contribution in [2.24, 2.45) is 26.8 Å². The van der Waals surface area contributed by atoms with Gasteiger partial charge in [0.25, 0.3) is 0 Å². The van der Waals surface area contributed by atoms with Crippen LogP contribution in [0.25, 0.3) is 55.6 Å². The van der Waals surface area contributed by atoms with Crippen LogP contribution in [0, 0.1) is 11.8 Å². The predicted octanol–water partition coefficient (Wildman–Crippen LogP) is 12.6. The number of rotatable bonds is 7. The van der Waals surface area contributed by atoms with Crippen LogP contribution in [0.4, 0.5) is 5.69 Å². The number of aromatic nitrogens is 2. The van der Waals surface area contributed by atoms with Gasteiger partial charge in [0.2, 0.25) is 0 Å². The van der Waals surface area contributed by atoms with E-state index in [4.69, 9.17) is 30.1 Å². The maximum atomic E-state index is 6.75. The molecule has 0 saturated heterocycles. The summed E-state index contributed by atoms with van der Waals surface area (Å²) in [6.07, 6.45) is 26.3. The number of allylic oxidation sites excluding steroid dienone is 10. The average molecular weight is 801 g/mol. The third-order valence-electron chi connectivity index (χ3n) is 12.1. The van der Waals surface area contributed by atoms with E-state index in [1.807, 2.05) is 73.1 Å². The first kappa shape index (κ1) is 37.0. The number of nitrogens with two attached hydrogens (primary N) is 1. The lowest BCUT2D eigenvalue weighted by atomic mass is 9.76. The topological polar surface area (TPSA) is 102 Å². The van der Waals surface area contributed by atoms with Gasteiger partial charge in [0.05, 0.1) is 34.0 Å². The average Bonchev–Trinajstić information content (AvgIpc) is 3.60. The Morgan fingerprint density at radius 1 is 0.774 bits per heavy atom. The molecule has 0 fully saturated rings. The lowest BCUT2D eigenvalue weighted by molar-refractivity contribution is 0.669. The van der Waals surface area contributed by atoms with Gasteiger partial charge in [0.15, 0.2) is 5.84 Å². The van der Waals surface area contributed by atoms with Crippen molar-refractivity contribution in [3.05, 3.63) is 222 Å². The Labute approximate surface area is 359 Å². The van der Waals surface area contributed by atoms with Crippen LogP contribution in [-0.2, 0) is 0 Å². The first-order valence-corrected chi connectivity index (χ1v) is 20.9. The molecule has 0 amide bonds. The predicted molar refractivity (Wildman–Crippen MR) is 256 cm³/mol. The molecular weight excluding hydrogens is 761 g/mol. The third kappa shape index (κ3) is 6.42. The third-order valence-corrected chi connectivity index (χ3v) is 12.1. The Morgan fingerprint density at radius 2 is 1.60 bits per heavy atom. The number of anilines is 1. The summed E-state index contributed by atoms with van der Waals surface area (Å²) in [5.41, 5.74) is 22.3. The van der Waals surface area contributed by atoms with Crippen LogP contribution in [0.3, 0.4) is 0 Å². The molecule has 0 saturated carbocycles. The molecule has 7 nitrogen and oxygen atoms in total. The second-order valence-corrected chi connectivity index (χ2v) is 15.9. The molecule has 296 valence electrons. The molecule has 2 atom stereocenters. The van der Waals surface area contributed by atoms with Gasteiger partial charge < -0.3 is 10.2 Å². The first-order chi connectivity index (χ1) is 30.5. The molecule has 4 aliphatic rings. The van der Waals surface area contributed by atoms with E-state index in [1.165, 1.54) is 5.57 Å². The molecule has 2 unspecified atom stereocenters. The molecule has 2 N–H and O–H groups in total. The Hall–Kier alpha value is -8.03. The van der Waals surface area contributed by atoms with E-state index in [2.05, 4.69) is 103 Å². The van der Waals surface area contributed by atoms with Crippen LogP contribution in [-0.4, -0.2) is 27.2 Å². The number of pyridine rings is 2. The molecule has 3 aromatic heterocycles. The summed E-state index contributed by atoms with van der Waals surface area (Å²) in [6, 6.07) is 33.0. The van der Waals surface area contributed by atoms with E-state index in [0.717, 1.165) is 113 Å². The lowest BCUT2D eigenvalue weighted by Gasteiger charge is -2.29. The number of nitrogen functional groups attached to an aromatic ring is 1. The van der Waals surface area contributed by atoms with E-state index in [0.29, 0.717) is 11.5 Å². The van der Waals surface area contributed by atoms with Crippen LogP contribution >= 0.6 is 0 Å². The van der Waals surface area contributed by atoms with Gasteiger partial charge in [-0.3, -0.25) is 15.0 Å². The molecular formula is C55H40N6O. The van der Waals surface area contributed by atoms with E-state index < -0.39 is 0 Å². The Bertz CT molecular complexity index is 3340. The van der Waals surface area contributed by atoms with Crippen LogP contribution < -0.4 is 5.73 Å². The minimum absolute atomic E-state index is 0.191. The van der Waals surface area contributed by atoms with Crippen molar-refractivity contribution in [3.63, 3.8) is 0 Å². The number of benzene rings is 4. The highest BCUT2D eigenvalue weighted by molar-refractivity contribution is 6.22. The molecule has 0 bridgehead atoms. The van der Waals surface area contributed by atoms with Crippen molar-refractivity contribution in [1.29, 1.82) is 0 Å². The second-order valence-electron chi connectivity index (χ2n) is 15.9. The molecule has 7 heteroatoms. The van der Waals surface area contributed by atoms with Crippen LogP contribution in [0.2, 0.25) is 0 Å². The fourth-order valence-electron chi connectivity index (χ4n) is 9.07. The Morgan fingerprint density at radius 3 is 2.47 bits per heavy atom. The zero-order valence-electron chi connectivity index (χ0n) is 33.9. The molecule has 7 aromatic rings.